The summed E-state index contributed by atoms with van der Waals surface area (Å²) in [5, 5.41) is 29.7. The molecule has 0 fully saturated rings. The van der Waals surface area contributed by atoms with Crippen molar-refractivity contribution < 1.29 is 24.5 Å². The van der Waals surface area contributed by atoms with E-state index in [-0.39, 0.29) is 17.0 Å². The van der Waals surface area contributed by atoms with Gasteiger partial charge in [-0.2, -0.15) is 5.11 Å². The first kappa shape index (κ1) is 23.2. The number of carbonyl (C=O) groups is 1. The zero-order valence-electron chi connectivity index (χ0n) is 18.2. The topological polar surface area (TPSA) is 101 Å². The first-order valence-electron chi connectivity index (χ1n) is 10.7. The smallest absolute Gasteiger partial charge is 0.339 e. The average Bonchev–Trinajstić information content (AvgIpc) is 2.80. The number of allylic oxidation sites excluding steroid dienone is 1. The Bertz CT molecular complexity index is 1120. The quantitative estimate of drug-likeness (QED) is 0.310. The van der Waals surface area contributed by atoms with E-state index in [2.05, 4.69) is 16.8 Å². The van der Waals surface area contributed by atoms with Gasteiger partial charge < -0.3 is 19.7 Å². The van der Waals surface area contributed by atoms with Crippen LogP contribution in [0.3, 0.4) is 0 Å². The molecule has 0 saturated heterocycles. The second kappa shape index (κ2) is 11.2. The Balaban J connectivity index is 1.69. The predicted molar refractivity (Wildman–Crippen MR) is 123 cm³/mol. The highest BCUT2D eigenvalue weighted by Crippen LogP contribution is 2.28. The number of carboxylic acid groups (broad SMARTS) is 1. The van der Waals surface area contributed by atoms with E-state index in [1.54, 1.807) is 0 Å². The number of carboxylic acids is 1. The molecule has 2 aromatic carbocycles. The van der Waals surface area contributed by atoms with Crippen molar-refractivity contribution >= 4 is 29.5 Å². The number of rotatable bonds is 11. The summed E-state index contributed by atoms with van der Waals surface area (Å²) in [6, 6.07) is 9.04. The molecule has 0 saturated carbocycles. The van der Waals surface area contributed by atoms with Gasteiger partial charge in [-0.3, -0.25) is 0 Å². The third-order valence-corrected chi connectivity index (χ3v) is 5.09. The van der Waals surface area contributed by atoms with Crippen molar-refractivity contribution in [1.29, 1.82) is 0 Å². The SMILES string of the molecule is C=C(CCc1ccc(N=Nc2c(O)c(C(=O)O)cc3c2=CCCC=3)cc1)OCCOCC. The number of azo groups is 1. The number of fused-ring (bicyclic) bond motifs is 1. The minimum atomic E-state index is -1.20. The number of aromatic carboxylic acids is 1. The number of nitrogens with zero attached hydrogens (tertiary/aromatic N) is 2. The van der Waals surface area contributed by atoms with Crippen LogP contribution in [0.4, 0.5) is 11.4 Å². The molecule has 0 radical (unpaired) electrons. The fourth-order valence-electron chi connectivity index (χ4n) is 3.39. The van der Waals surface area contributed by atoms with Crippen LogP contribution in [0.15, 0.2) is 52.9 Å². The molecule has 7 heteroatoms. The number of ether oxygens (including phenoxy) is 2. The molecule has 0 atom stereocenters. The Labute approximate surface area is 187 Å². The number of aryl methyl sites for hydroxylation is 1. The standard InChI is InChI=1S/C25H28N2O5/c1-3-31-14-15-32-17(2)8-9-18-10-12-20(13-11-18)26-27-23-21-7-5-4-6-19(21)16-22(24(23)28)25(29)30/h6-7,10-13,16,28H,2-5,8-9,14-15H2,1H3,(H,29,30). The lowest BCUT2D eigenvalue weighted by Gasteiger charge is -2.09. The minimum absolute atomic E-state index is 0.177. The lowest BCUT2D eigenvalue weighted by molar-refractivity contribution is 0.0693. The van der Waals surface area contributed by atoms with Crippen molar-refractivity contribution in [1.82, 2.24) is 0 Å². The van der Waals surface area contributed by atoms with Crippen molar-refractivity contribution in [3.05, 3.63) is 64.2 Å². The highest BCUT2D eigenvalue weighted by Gasteiger charge is 2.17. The maximum Gasteiger partial charge on any atom is 0.339 e. The van der Waals surface area contributed by atoms with Crippen molar-refractivity contribution in [3.8, 4) is 5.75 Å². The van der Waals surface area contributed by atoms with Crippen molar-refractivity contribution in [3.63, 3.8) is 0 Å². The van der Waals surface area contributed by atoms with Gasteiger partial charge in [0.1, 0.15) is 17.9 Å². The Hall–Kier alpha value is -3.45. The van der Waals surface area contributed by atoms with Crippen LogP contribution in [0, 0.1) is 0 Å². The van der Waals surface area contributed by atoms with Crippen LogP contribution in [0.1, 0.15) is 42.1 Å². The molecule has 0 heterocycles. The van der Waals surface area contributed by atoms with Gasteiger partial charge in [0.05, 0.1) is 18.1 Å². The average molecular weight is 437 g/mol. The number of hydrogen-bond acceptors (Lipinski definition) is 6. The summed E-state index contributed by atoms with van der Waals surface area (Å²) in [7, 11) is 0. The predicted octanol–water partition coefficient (Wildman–Crippen LogP) is 4.36. The monoisotopic (exact) mass is 436 g/mol. The maximum absolute atomic E-state index is 11.5. The normalized spacial score (nSPS) is 12.7. The van der Waals surface area contributed by atoms with E-state index in [0.29, 0.717) is 37.1 Å². The van der Waals surface area contributed by atoms with Gasteiger partial charge in [-0.1, -0.05) is 30.9 Å². The van der Waals surface area contributed by atoms with Crippen LogP contribution in [-0.2, 0) is 15.9 Å². The molecule has 7 nitrogen and oxygen atoms in total. The van der Waals surface area contributed by atoms with E-state index >= 15 is 0 Å². The molecule has 168 valence electrons. The van der Waals surface area contributed by atoms with Gasteiger partial charge in [-0.25, -0.2) is 4.79 Å². The highest BCUT2D eigenvalue weighted by molar-refractivity contribution is 5.93. The van der Waals surface area contributed by atoms with E-state index in [0.717, 1.165) is 35.8 Å². The van der Waals surface area contributed by atoms with Crippen molar-refractivity contribution in [2.45, 2.75) is 32.6 Å². The molecule has 2 N–H and O–H groups in total. The second-order valence-electron chi connectivity index (χ2n) is 7.37. The van der Waals surface area contributed by atoms with E-state index in [1.807, 2.05) is 43.3 Å². The molecule has 3 rings (SSSR count). The number of aromatic hydroxyl groups is 1. The molecular weight excluding hydrogens is 408 g/mol. The van der Waals surface area contributed by atoms with Gasteiger partial charge in [0.2, 0.25) is 0 Å². The first-order chi connectivity index (χ1) is 15.5. The Morgan fingerprint density at radius 1 is 1.12 bits per heavy atom. The Morgan fingerprint density at radius 2 is 1.88 bits per heavy atom. The summed E-state index contributed by atoms with van der Waals surface area (Å²) in [6.07, 6.45) is 7.01. The molecular formula is C25H28N2O5. The van der Waals surface area contributed by atoms with Crippen LogP contribution in [-0.4, -0.2) is 36.0 Å². The fraction of sp³-hybridized carbons (Fsp3) is 0.320. The second-order valence-corrected chi connectivity index (χ2v) is 7.37. The van der Waals surface area contributed by atoms with Gasteiger partial charge >= 0.3 is 5.97 Å². The van der Waals surface area contributed by atoms with E-state index in [9.17, 15) is 15.0 Å². The fourth-order valence-corrected chi connectivity index (χ4v) is 3.39. The van der Waals surface area contributed by atoms with Crippen LogP contribution in [0.2, 0.25) is 0 Å². The zero-order valence-corrected chi connectivity index (χ0v) is 18.2. The third-order valence-electron chi connectivity index (χ3n) is 5.09. The zero-order chi connectivity index (χ0) is 22.9. The minimum Gasteiger partial charge on any atom is -0.505 e. The summed E-state index contributed by atoms with van der Waals surface area (Å²) in [4.78, 5) is 11.5. The molecule has 0 aromatic heterocycles. The Morgan fingerprint density at radius 3 is 2.59 bits per heavy atom. The van der Waals surface area contributed by atoms with E-state index < -0.39 is 5.97 Å². The summed E-state index contributed by atoms with van der Waals surface area (Å²) < 4.78 is 10.8. The largest absolute Gasteiger partial charge is 0.505 e. The van der Waals surface area contributed by atoms with Gasteiger partial charge in [-0.15, -0.1) is 5.11 Å². The van der Waals surface area contributed by atoms with Gasteiger partial charge in [0, 0.05) is 18.2 Å². The molecule has 32 heavy (non-hydrogen) atoms. The van der Waals surface area contributed by atoms with Gasteiger partial charge in [0.15, 0.2) is 5.75 Å². The van der Waals surface area contributed by atoms with Crippen LogP contribution in [0.25, 0.3) is 12.2 Å². The van der Waals surface area contributed by atoms with E-state index in [4.69, 9.17) is 9.47 Å². The molecule has 1 aliphatic rings. The summed E-state index contributed by atoms with van der Waals surface area (Å²) >= 11 is 0. The highest BCUT2D eigenvalue weighted by atomic mass is 16.5. The maximum atomic E-state index is 11.5. The van der Waals surface area contributed by atoms with Crippen molar-refractivity contribution in [2.75, 3.05) is 19.8 Å². The number of hydrogen-bond donors (Lipinski definition) is 2. The number of benzene rings is 2. The molecule has 0 aliphatic heterocycles. The lowest BCUT2D eigenvalue weighted by atomic mass is 10.0. The lowest BCUT2D eigenvalue weighted by Crippen LogP contribution is -2.28. The molecule has 1 aliphatic carbocycles. The third kappa shape index (κ3) is 6.04. The number of phenols is 1. The summed E-state index contributed by atoms with van der Waals surface area (Å²) in [6.45, 7) is 7.60. The van der Waals surface area contributed by atoms with E-state index in [1.165, 1.54) is 6.07 Å². The molecule has 0 amide bonds. The van der Waals surface area contributed by atoms with Crippen molar-refractivity contribution in [2.24, 2.45) is 10.2 Å². The molecule has 0 bridgehead atoms. The molecule has 0 spiro atoms. The van der Waals surface area contributed by atoms with Crippen LogP contribution in [0.5, 0.6) is 5.75 Å². The van der Waals surface area contributed by atoms with Crippen LogP contribution >= 0.6 is 0 Å². The molecule has 0 unspecified atom stereocenters. The Kier molecular flexibility index (Phi) is 8.16. The van der Waals surface area contributed by atoms with Crippen LogP contribution < -0.4 is 10.4 Å². The van der Waals surface area contributed by atoms with Gasteiger partial charge in [-0.05, 0) is 55.2 Å². The first-order valence-corrected chi connectivity index (χ1v) is 10.7. The summed E-state index contributed by atoms with van der Waals surface area (Å²) in [5.74, 6) is -0.848. The summed E-state index contributed by atoms with van der Waals surface area (Å²) in [5.41, 5.74) is 1.72. The van der Waals surface area contributed by atoms with Gasteiger partial charge in [0.25, 0.3) is 0 Å². The molecule has 2 aromatic rings.